The summed E-state index contributed by atoms with van der Waals surface area (Å²) in [6.45, 7) is 12.5. The Balaban J connectivity index is 2.24. The summed E-state index contributed by atoms with van der Waals surface area (Å²) in [7, 11) is -1.46. The van der Waals surface area contributed by atoms with Gasteiger partial charge in [-0.3, -0.25) is 4.99 Å². The van der Waals surface area contributed by atoms with E-state index in [2.05, 4.69) is 27.4 Å². The van der Waals surface area contributed by atoms with Gasteiger partial charge in [-0.15, -0.1) is 0 Å². The molecule has 0 amide bonds. The molecule has 1 fully saturated rings. The average molecular weight is 390 g/mol. The van der Waals surface area contributed by atoms with Crippen LogP contribution in [-0.4, -0.2) is 82.2 Å². The molecule has 154 valence electrons. The summed E-state index contributed by atoms with van der Waals surface area (Å²) in [5.74, 6) is 1.84. The SMILES string of the molecule is CCNC(=NCCCN(C)S(=O)(=O)CC)NCCCN1CCC(C)CC1. The summed E-state index contributed by atoms with van der Waals surface area (Å²) >= 11 is 0. The Hall–Kier alpha value is -0.860. The van der Waals surface area contributed by atoms with Crippen LogP contribution in [0, 0.1) is 5.92 Å². The predicted molar refractivity (Wildman–Crippen MR) is 110 cm³/mol. The van der Waals surface area contributed by atoms with Crippen molar-refractivity contribution in [2.45, 2.75) is 46.5 Å². The third kappa shape index (κ3) is 9.19. The van der Waals surface area contributed by atoms with Crippen molar-refractivity contribution in [2.24, 2.45) is 10.9 Å². The Morgan fingerprint density at radius 1 is 1.19 bits per heavy atom. The summed E-state index contributed by atoms with van der Waals surface area (Å²) in [6, 6.07) is 0. The van der Waals surface area contributed by atoms with E-state index in [1.165, 1.54) is 30.2 Å². The minimum Gasteiger partial charge on any atom is -0.357 e. The van der Waals surface area contributed by atoms with Crippen LogP contribution in [0.4, 0.5) is 0 Å². The van der Waals surface area contributed by atoms with Crippen molar-refractivity contribution in [3.63, 3.8) is 0 Å². The fourth-order valence-corrected chi connectivity index (χ4v) is 3.83. The van der Waals surface area contributed by atoms with Crippen molar-refractivity contribution in [2.75, 3.05) is 58.6 Å². The Kier molecular flexibility index (Phi) is 11.2. The van der Waals surface area contributed by atoms with Gasteiger partial charge in [0.15, 0.2) is 5.96 Å². The zero-order chi connectivity index (χ0) is 19.4. The number of nitrogens with one attached hydrogen (secondary N) is 2. The Morgan fingerprint density at radius 2 is 1.88 bits per heavy atom. The second kappa shape index (κ2) is 12.5. The molecule has 1 heterocycles. The largest absolute Gasteiger partial charge is 0.357 e. The lowest BCUT2D eigenvalue weighted by Crippen LogP contribution is -2.40. The summed E-state index contributed by atoms with van der Waals surface area (Å²) in [5, 5.41) is 6.63. The average Bonchev–Trinajstić information content (AvgIpc) is 2.63. The van der Waals surface area contributed by atoms with E-state index >= 15 is 0 Å². The van der Waals surface area contributed by atoms with E-state index in [0.29, 0.717) is 13.1 Å². The highest BCUT2D eigenvalue weighted by molar-refractivity contribution is 7.89. The number of nitrogens with zero attached hydrogens (tertiary/aromatic N) is 3. The zero-order valence-corrected chi connectivity index (χ0v) is 17.9. The molecule has 1 aliphatic rings. The van der Waals surface area contributed by atoms with Crippen LogP contribution in [0.3, 0.4) is 0 Å². The number of hydrogen-bond acceptors (Lipinski definition) is 4. The van der Waals surface area contributed by atoms with E-state index in [4.69, 9.17) is 0 Å². The van der Waals surface area contributed by atoms with Crippen molar-refractivity contribution in [3.8, 4) is 0 Å². The smallest absolute Gasteiger partial charge is 0.213 e. The lowest BCUT2D eigenvalue weighted by molar-refractivity contribution is 0.191. The zero-order valence-electron chi connectivity index (χ0n) is 17.1. The molecule has 0 aromatic rings. The molecule has 0 aromatic carbocycles. The quantitative estimate of drug-likeness (QED) is 0.317. The minimum absolute atomic E-state index is 0.146. The molecule has 8 heteroatoms. The van der Waals surface area contributed by atoms with Crippen molar-refractivity contribution in [1.29, 1.82) is 0 Å². The molecule has 1 saturated heterocycles. The van der Waals surface area contributed by atoms with Gasteiger partial charge in [0, 0.05) is 33.2 Å². The fourth-order valence-electron chi connectivity index (χ4n) is 2.98. The van der Waals surface area contributed by atoms with E-state index in [1.54, 1.807) is 14.0 Å². The molecule has 0 aromatic heterocycles. The van der Waals surface area contributed by atoms with Gasteiger partial charge in [0.05, 0.1) is 5.75 Å². The maximum absolute atomic E-state index is 11.7. The molecule has 0 spiro atoms. The van der Waals surface area contributed by atoms with Crippen LogP contribution >= 0.6 is 0 Å². The van der Waals surface area contributed by atoms with Crippen molar-refractivity contribution >= 4 is 16.0 Å². The maximum Gasteiger partial charge on any atom is 0.213 e. The van der Waals surface area contributed by atoms with Crippen LogP contribution in [0.25, 0.3) is 0 Å². The monoisotopic (exact) mass is 389 g/mol. The van der Waals surface area contributed by atoms with Gasteiger partial charge in [-0.25, -0.2) is 12.7 Å². The predicted octanol–water partition coefficient (Wildman–Crippen LogP) is 1.34. The van der Waals surface area contributed by atoms with Crippen LogP contribution in [0.15, 0.2) is 4.99 Å². The van der Waals surface area contributed by atoms with Gasteiger partial charge in [-0.2, -0.15) is 0 Å². The van der Waals surface area contributed by atoms with Crippen molar-refractivity contribution in [1.82, 2.24) is 19.8 Å². The topological polar surface area (TPSA) is 77.0 Å². The highest BCUT2D eigenvalue weighted by atomic mass is 32.2. The summed E-state index contributed by atoms with van der Waals surface area (Å²) in [6.07, 6.45) is 4.47. The Morgan fingerprint density at radius 3 is 2.50 bits per heavy atom. The lowest BCUT2D eigenvalue weighted by atomic mass is 9.99. The molecule has 2 N–H and O–H groups in total. The van der Waals surface area contributed by atoms with E-state index in [-0.39, 0.29) is 5.75 Å². The van der Waals surface area contributed by atoms with E-state index < -0.39 is 10.0 Å². The van der Waals surface area contributed by atoms with Gasteiger partial charge in [-0.1, -0.05) is 6.92 Å². The minimum atomic E-state index is -3.09. The van der Waals surface area contributed by atoms with Gasteiger partial charge in [0.2, 0.25) is 10.0 Å². The van der Waals surface area contributed by atoms with Crippen molar-refractivity contribution < 1.29 is 8.42 Å². The highest BCUT2D eigenvalue weighted by Gasteiger charge is 2.15. The molecule has 0 atom stereocenters. The van der Waals surface area contributed by atoms with E-state index in [1.807, 2.05) is 6.92 Å². The van der Waals surface area contributed by atoms with Crippen LogP contribution in [0.2, 0.25) is 0 Å². The third-order valence-corrected chi connectivity index (χ3v) is 6.77. The van der Waals surface area contributed by atoms with Gasteiger partial charge in [0.25, 0.3) is 0 Å². The molecule has 1 aliphatic heterocycles. The van der Waals surface area contributed by atoms with E-state index in [0.717, 1.165) is 44.4 Å². The number of hydrogen-bond donors (Lipinski definition) is 2. The number of likely N-dealkylation sites (tertiary alicyclic amines) is 1. The first-order valence-corrected chi connectivity index (χ1v) is 11.7. The summed E-state index contributed by atoms with van der Waals surface area (Å²) < 4.78 is 24.8. The number of rotatable bonds is 11. The van der Waals surface area contributed by atoms with Crippen LogP contribution in [-0.2, 0) is 10.0 Å². The van der Waals surface area contributed by atoms with Gasteiger partial charge in [0.1, 0.15) is 0 Å². The number of sulfonamides is 1. The second-order valence-corrected chi connectivity index (χ2v) is 9.51. The highest BCUT2D eigenvalue weighted by Crippen LogP contribution is 2.15. The molecule has 0 unspecified atom stereocenters. The van der Waals surface area contributed by atoms with Crippen LogP contribution in [0.5, 0.6) is 0 Å². The number of piperidine rings is 1. The van der Waals surface area contributed by atoms with Gasteiger partial charge < -0.3 is 15.5 Å². The van der Waals surface area contributed by atoms with Crippen LogP contribution < -0.4 is 10.6 Å². The number of aliphatic imine (C=N–C) groups is 1. The third-order valence-electron chi connectivity index (χ3n) is 4.90. The molecule has 7 nitrogen and oxygen atoms in total. The first-order chi connectivity index (χ1) is 12.4. The van der Waals surface area contributed by atoms with Gasteiger partial charge in [-0.05, 0) is 65.1 Å². The fraction of sp³-hybridized carbons (Fsp3) is 0.944. The first kappa shape index (κ1) is 23.2. The summed E-state index contributed by atoms with van der Waals surface area (Å²) in [5.41, 5.74) is 0. The Labute approximate surface area is 160 Å². The molecule has 0 bridgehead atoms. The second-order valence-electron chi connectivity index (χ2n) is 7.14. The number of guanidine groups is 1. The maximum atomic E-state index is 11.7. The van der Waals surface area contributed by atoms with Crippen molar-refractivity contribution in [3.05, 3.63) is 0 Å². The van der Waals surface area contributed by atoms with Gasteiger partial charge >= 0.3 is 0 Å². The standard InChI is InChI=1S/C18H39N5O2S/c1-5-19-18(20-11-7-13-22(4)26(24,25)6-2)21-12-8-14-23-15-9-17(3)10-16-23/h17H,5-16H2,1-4H3,(H2,19,20,21). The normalized spacial score (nSPS) is 17.7. The lowest BCUT2D eigenvalue weighted by Gasteiger charge is -2.30. The molecule has 0 radical (unpaired) electrons. The molecular formula is C18H39N5O2S. The van der Waals surface area contributed by atoms with E-state index in [9.17, 15) is 8.42 Å². The Bertz CT molecular complexity index is 502. The first-order valence-electron chi connectivity index (χ1n) is 10.1. The molecule has 0 saturated carbocycles. The van der Waals surface area contributed by atoms with Crippen LogP contribution in [0.1, 0.15) is 46.5 Å². The molecule has 1 rings (SSSR count). The molecular weight excluding hydrogens is 350 g/mol. The molecule has 0 aliphatic carbocycles. The summed E-state index contributed by atoms with van der Waals surface area (Å²) in [4.78, 5) is 7.10. The molecule has 26 heavy (non-hydrogen) atoms.